The van der Waals surface area contributed by atoms with Crippen molar-refractivity contribution < 1.29 is 4.92 Å². The molecule has 2 rings (SSSR count). The average Bonchev–Trinajstić information content (AvgIpc) is 2.64. The summed E-state index contributed by atoms with van der Waals surface area (Å²) in [7, 11) is 0. The standard InChI is InChI=1S/C7H5BrN6O2/c8-5-1-6(9)12-7(11-5)13-3-4(2-10-13)14(15)16/h1-3H,(H2,9,11,12). The van der Waals surface area contributed by atoms with Crippen LogP contribution in [0.3, 0.4) is 0 Å². The van der Waals surface area contributed by atoms with Gasteiger partial charge in [-0.15, -0.1) is 0 Å². The maximum Gasteiger partial charge on any atom is 0.307 e. The summed E-state index contributed by atoms with van der Waals surface area (Å²) >= 11 is 3.14. The van der Waals surface area contributed by atoms with Crippen molar-refractivity contribution in [3.63, 3.8) is 0 Å². The Morgan fingerprint density at radius 2 is 2.25 bits per heavy atom. The normalized spacial score (nSPS) is 10.3. The monoisotopic (exact) mass is 284 g/mol. The summed E-state index contributed by atoms with van der Waals surface area (Å²) in [6.45, 7) is 0. The first kappa shape index (κ1) is 10.5. The molecular weight excluding hydrogens is 280 g/mol. The van der Waals surface area contributed by atoms with Crippen LogP contribution in [0.5, 0.6) is 0 Å². The van der Waals surface area contributed by atoms with Gasteiger partial charge in [-0.3, -0.25) is 10.1 Å². The molecular formula is C7H5BrN6O2. The Bertz CT molecular complexity index is 533. The molecule has 0 fully saturated rings. The van der Waals surface area contributed by atoms with E-state index < -0.39 is 4.92 Å². The third kappa shape index (κ3) is 1.98. The number of nitro groups is 1. The van der Waals surface area contributed by atoms with Crippen LogP contribution in [0.4, 0.5) is 11.5 Å². The Balaban J connectivity index is 2.46. The summed E-state index contributed by atoms with van der Waals surface area (Å²) in [6, 6.07) is 1.52. The number of aromatic nitrogens is 4. The van der Waals surface area contributed by atoms with E-state index in [9.17, 15) is 10.1 Å². The van der Waals surface area contributed by atoms with Crippen molar-refractivity contribution in [1.82, 2.24) is 19.7 Å². The van der Waals surface area contributed by atoms with Gasteiger partial charge in [0.05, 0.1) is 4.92 Å². The van der Waals surface area contributed by atoms with Gasteiger partial charge in [-0.2, -0.15) is 14.8 Å². The van der Waals surface area contributed by atoms with Crippen LogP contribution in [0.25, 0.3) is 5.95 Å². The summed E-state index contributed by atoms with van der Waals surface area (Å²) in [4.78, 5) is 17.8. The molecule has 2 aromatic heterocycles. The number of nitrogens with zero attached hydrogens (tertiary/aromatic N) is 5. The first-order valence-corrected chi connectivity index (χ1v) is 4.85. The molecule has 0 aliphatic rings. The number of hydrogen-bond acceptors (Lipinski definition) is 6. The second-order valence-electron chi connectivity index (χ2n) is 2.82. The van der Waals surface area contributed by atoms with E-state index in [-0.39, 0.29) is 17.5 Å². The summed E-state index contributed by atoms with van der Waals surface area (Å²) in [5, 5.41) is 14.2. The molecule has 0 unspecified atom stereocenters. The first-order chi connectivity index (χ1) is 7.56. The van der Waals surface area contributed by atoms with Crippen molar-refractivity contribution in [1.29, 1.82) is 0 Å². The minimum Gasteiger partial charge on any atom is -0.383 e. The zero-order valence-electron chi connectivity index (χ0n) is 7.74. The molecule has 0 saturated carbocycles. The van der Waals surface area contributed by atoms with Crippen molar-refractivity contribution in [2.24, 2.45) is 0 Å². The van der Waals surface area contributed by atoms with Crippen molar-refractivity contribution >= 4 is 27.4 Å². The largest absolute Gasteiger partial charge is 0.383 e. The molecule has 0 saturated heterocycles. The van der Waals surface area contributed by atoms with Crippen LogP contribution >= 0.6 is 15.9 Å². The fraction of sp³-hybridized carbons (Fsp3) is 0. The molecule has 0 atom stereocenters. The van der Waals surface area contributed by atoms with Crippen LogP contribution < -0.4 is 5.73 Å². The van der Waals surface area contributed by atoms with Crippen LogP contribution in [-0.4, -0.2) is 24.7 Å². The number of nitrogens with two attached hydrogens (primary N) is 1. The van der Waals surface area contributed by atoms with E-state index in [0.29, 0.717) is 4.60 Å². The predicted octanol–water partition coefficient (Wildman–Crippen LogP) is 0.915. The smallest absolute Gasteiger partial charge is 0.307 e. The quantitative estimate of drug-likeness (QED) is 0.498. The first-order valence-electron chi connectivity index (χ1n) is 4.06. The summed E-state index contributed by atoms with van der Waals surface area (Å²) < 4.78 is 1.66. The maximum absolute atomic E-state index is 10.5. The Labute approximate surface area is 97.4 Å². The Morgan fingerprint density at radius 1 is 1.50 bits per heavy atom. The van der Waals surface area contributed by atoms with Gasteiger partial charge in [-0.05, 0) is 15.9 Å². The molecule has 0 spiro atoms. The van der Waals surface area contributed by atoms with Gasteiger partial charge in [0.15, 0.2) is 0 Å². The van der Waals surface area contributed by atoms with Crippen LogP contribution in [0.15, 0.2) is 23.1 Å². The van der Waals surface area contributed by atoms with E-state index in [0.717, 1.165) is 6.20 Å². The lowest BCUT2D eigenvalue weighted by Gasteiger charge is -2.00. The Hall–Kier alpha value is -2.03. The van der Waals surface area contributed by atoms with Crippen LogP contribution in [0, 0.1) is 10.1 Å². The second-order valence-corrected chi connectivity index (χ2v) is 3.63. The fourth-order valence-electron chi connectivity index (χ4n) is 1.04. The maximum atomic E-state index is 10.5. The van der Waals surface area contributed by atoms with Crippen molar-refractivity contribution in [3.8, 4) is 5.95 Å². The van der Waals surface area contributed by atoms with E-state index in [1.165, 1.54) is 16.9 Å². The van der Waals surface area contributed by atoms with E-state index in [2.05, 4.69) is 31.0 Å². The van der Waals surface area contributed by atoms with Gasteiger partial charge in [0, 0.05) is 6.07 Å². The van der Waals surface area contributed by atoms with E-state index >= 15 is 0 Å². The molecule has 0 bridgehead atoms. The summed E-state index contributed by atoms with van der Waals surface area (Å²) in [5.41, 5.74) is 5.37. The van der Waals surface area contributed by atoms with Crippen molar-refractivity contribution in [2.75, 3.05) is 5.73 Å². The van der Waals surface area contributed by atoms with Gasteiger partial charge in [0.2, 0.25) is 0 Å². The SMILES string of the molecule is Nc1cc(Br)nc(-n2cc([N+](=O)[O-])cn2)n1. The molecule has 0 aliphatic carbocycles. The molecule has 0 radical (unpaired) electrons. The zero-order chi connectivity index (χ0) is 11.7. The number of hydrogen-bond donors (Lipinski definition) is 1. The molecule has 8 nitrogen and oxygen atoms in total. The van der Waals surface area contributed by atoms with Crippen LogP contribution in [0.2, 0.25) is 0 Å². The summed E-state index contributed by atoms with van der Waals surface area (Å²) in [5.74, 6) is 0.412. The molecule has 0 aliphatic heterocycles. The highest BCUT2D eigenvalue weighted by molar-refractivity contribution is 9.10. The molecule has 2 aromatic rings. The number of rotatable bonds is 2. The second kappa shape index (κ2) is 3.85. The minimum absolute atomic E-state index is 0.137. The van der Waals surface area contributed by atoms with Crippen molar-refractivity contribution in [2.45, 2.75) is 0 Å². The lowest BCUT2D eigenvalue weighted by molar-refractivity contribution is -0.384. The number of halogens is 1. The molecule has 9 heteroatoms. The predicted molar refractivity (Wildman–Crippen MR) is 57.9 cm³/mol. The van der Waals surface area contributed by atoms with Crippen molar-refractivity contribution in [3.05, 3.63) is 33.2 Å². The van der Waals surface area contributed by atoms with Gasteiger partial charge in [-0.1, -0.05) is 0 Å². The highest BCUT2D eigenvalue weighted by Crippen LogP contribution is 2.14. The van der Waals surface area contributed by atoms with E-state index in [1.54, 1.807) is 0 Å². The van der Waals surface area contributed by atoms with Crippen LogP contribution in [0.1, 0.15) is 0 Å². The molecule has 0 amide bonds. The Kier molecular flexibility index (Phi) is 2.52. The highest BCUT2D eigenvalue weighted by Gasteiger charge is 2.12. The third-order valence-electron chi connectivity index (χ3n) is 1.69. The molecule has 82 valence electrons. The lowest BCUT2D eigenvalue weighted by atomic mass is 10.6. The van der Waals surface area contributed by atoms with Gasteiger partial charge in [0.25, 0.3) is 5.95 Å². The van der Waals surface area contributed by atoms with Crippen LogP contribution in [-0.2, 0) is 0 Å². The number of anilines is 1. The fourth-order valence-corrected chi connectivity index (χ4v) is 1.44. The summed E-state index contributed by atoms with van der Waals surface area (Å²) in [6.07, 6.45) is 2.32. The van der Waals surface area contributed by atoms with Gasteiger partial charge in [-0.25, -0.2) is 4.98 Å². The molecule has 2 heterocycles. The molecule has 2 N–H and O–H groups in total. The number of nitrogen functional groups attached to an aromatic ring is 1. The van der Waals surface area contributed by atoms with Gasteiger partial charge < -0.3 is 5.73 Å². The average molecular weight is 285 g/mol. The molecule has 16 heavy (non-hydrogen) atoms. The highest BCUT2D eigenvalue weighted by atomic mass is 79.9. The topological polar surface area (TPSA) is 113 Å². The zero-order valence-corrected chi connectivity index (χ0v) is 9.33. The van der Waals surface area contributed by atoms with Gasteiger partial charge >= 0.3 is 5.69 Å². The Morgan fingerprint density at radius 3 is 2.81 bits per heavy atom. The molecule has 0 aromatic carbocycles. The minimum atomic E-state index is -0.551. The lowest BCUT2D eigenvalue weighted by Crippen LogP contribution is -2.04. The third-order valence-corrected chi connectivity index (χ3v) is 2.09. The van der Waals surface area contributed by atoms with E-state index in [4.69, 9.17) is 5.73 Å². The van der Waals surface area contributed by atoms with E-state index in [1.807, 2.05) is 0 Å². The van der Waals surface area contributed by atoms with Gasteiger partial charge in [0.1, 0.15) is 22.8 Å².